The molecule has 2 unspecified atom stereocenters. The van der Waals surface area contributed by atoms with Crippen molar-refractivity contribution in [1.82, 2.24) is 10.6 Å². The standard InChI is InChI=1S/C14H22N2O2/c1-9-8-12(11(3)18-9)10(2)16-13(17)14(4)6-5-7-15-14/h8,10,15H,5-7H2,1-4H3,(H,16,17). The second kappa shape index (κ2) is 4.76. The maximum absolute atomic E-state index is 12.3. The Morgan fingerprint density at radius 2 is 2.28 bits per heavy atom. The predicted octanol–water partition coefficient (Wildman–Crippen LogP) is 2.22. The van der Waals surface area contributed by atoms with E-state index in [2.05, 4.69) is 10.6 Å². The molecule has 0 saturated carbocycles. The number of nitrogens with one attached hydrogen (secondary N) is 2. The minimum atomic E-state index is -0.416. The molecule has 1 aromatic heterocycles. The van der Waals surface area contributed by atoms with Crippen LogP contribution in [0.5, 0.6) is 0 Å². The van der Waals surface area contributed by atoms with Crippen LogP contribution in [0.4, 0.5) is 0 Å². The Labute approximate surface area is 108 Å². The topological polar surface area (TPSA) is 54.3 Å². The fraction of sp³-hybridized carbons (Fsp3) is 0.643. The molecule has 2 N–H and O–H groups in total. The second-order valence-electron chi connectivity index (χ2n) is 5.43. The van der Waals surface area contributed by atoms with Crippen LogP contribution in [0.3, 0.4) is 0 Å². The summed E-state index contributed by atoms with van der Waals surface area (Å²) in [4.78, 5) is 12.3. The molecule has 1 aliphatic heterocycles. The zero-order valence-electron chi connectivity index (χ0n) is 11.6. The van der Waals surface area contributed by atoms with Crippen LogP contribution in [-0.4, -0.2) is 18.0 Å². The van der Waals surface area contributed by atoms with Gasteiger partial charge >= 0.3 is 0 Å². The molecule has 1 aromatic rings. The molecule has 2 heterocycles. The van der Waals surface area contributed by atoms with Crippen LogP contribution in [-0.2, 0) is 4.79 Å². The summed E-state index contributed by atoms with van der Waals surface area (Å²) in [5.41, 5.74) is 0.642. The predicted molar refractivity (Wildman–Crippen MR) is 70.4 cm³/mol. The van der Waals surface area contributed by atoms with Gasteiger partial charge in [-0.05, 0) is 53.1 Å². The summed E-state index contributed by atoms with van der Waals surface area (Å²) in [5, 5.41) is 6.35. The molecule has 1 fully saturated rings. The maximum Gasteiger partial charge on any atom is 0.240 e. The fourth-order valence-corrected chi connectivity index (χ4v) is 2.60. The molecule has 0 radical (unpaired) electrons. The fourth-order valence-electron chi connectivity index (χ4n) is 2.60. The van der Waals surface area contributed by atoms with Crippen LogP contribution < -0.4 is 10.6 Å². The van der Waals surface area contributed by atoms with E-state index in [0.717, 1.165) is 36.5 Å². The van der Waals surface area contributed by atoms with Crippen molar-refractivity contribution in [2.45, 2.75) is 52.1 Å². The third-order valence-electron chi connectivity index (χ3n) is 3.76. The molecular weight excluding hydrogens is 228 g/mol. The Morgan fingerprint density at radius 3 is 2.78 bits per heavy atom. The molecule has 2 atom stereocenters. The number of aryl methyl sites for hydroxylation is 2. The summed E-state index contributed by atoms with van der Waals surface area (Å²) in [6.07, 6.45) is 1.96. The van der Waals surface area contributed by atoms with E-state index in [1.165, 1.54) is 0 Å². The van der Waals surface area contributed by atoms with E-state index in [1.807, 2.05) is 33.8 Å². The van der Waals surface area contributed by atoms with Gasteiger partial charge in [0, 0.05) is 5.56 Å². The Balaban J connectivity index is 2.05. The molecule has 0 bridgehead atoms. The van der Waals surface area contributed by atoms with Crippen LogP contribution in [0.15, 0.2) is 10.5 Å². The van der Waals surface area contributed by atoms with Gasteiger partial charge in [0.15, 0.2) is 0 Å². The van der Waals surface area contributed by atoms with Crippen molar-refractivity contribution in [3.63, 3.8) is 0 Å². The molecule has 4 nitrogen and oxygen atoms in total. The number of carbonyl (C=O) groups is 1. The summed E-state index contributed by atoms with van der Waals surface area (Å²) in [6.45, 7) is 8.73. The normalized spacial score (nSPS) is 25.1. The van der Waals surface area contributed by atoms with Gasteiger partial charge < -0.3 is 15.1 Å². The number of rotatable bonds is 3. The van der Waals surface area contributed by atoms with Gasteiger partial charge in [-0.3, -0.25) is 4.79 Å². The molecule has 1 amide bonds. The van der Waals surface area contributed by atoms with Crippen molar-refractivity contribution < 1.29 is 9.21 Å². The average Bonchev–Trinajstić information content (AvgIpc) is 2.86. The molecule has 4 heteroatoms. The van der Waals surface area contributed by atoms with Gasteiger partial charge in [0.05, 0.1) is 11.6 Å². The highest BCUT2D eigenvalue weighted by Crippen LogP contribution is 2.24. The van der Waals surface area contributed by atoms with E-state index in [-0.39, 0.29) is 11.9 Å². The number of hydrogen-bond acceptors (Lipinski definition) is 3. The van der Waals surface area contributed by atoms with E-state index < -0.39 is 5.54 Å². The first-order chi connectivity index (χ1) is 8.42. The maximum atomic E-state index is 12.3. The Kier molecular flexibility index (Phi) is 3.48. The number of amides is 1. The first-order valence-electron chi connectivity index (χ1n) is 6.55. The largest absolute Gasteiger partial charge is 0.466 e. The zero-order valence-corrected chi connectivity index (χ0v) is 11.6. The van der Waals surface area contributed by atoms with E-state index in [9.17, 15) is 4.79 Å². The number of hydrogen-bond donors (Lipinski definition) is 2. The van der Waals surface area contributed by atoms with Crippen molar-refractivity contribution in [2.24, 2.45) is 0 Å². The highest BCUT2D eigenvalue weighted by atomic mass is 16.3. The number of carbonyl (C=O) groups excluding carboxylic acids is 1. The van der Waals surface area contributed by atoms with Gasteiger partial charge in [0.2, 0.25) is 5.91 Å². The highest BCUT2D eigenvalue weighted by molar-refractivity contribution is 5.86. The third-order valence-corrected chi connectivity index (χ3v) is 3.76. The van der Waals surface area contributed by atoms with Gasteiger partial charge in [-0.15, -0.1) is 0 Å². The van der Waals surface area contributed by atoms with E-state index in [0.29, 0.717) is 0 Å². The molecule has 1 aliphatic rings. The van der Waals surface area contributed by atoms with E-state index >= 15 is 0 Å². The SMILES string of the molecule is Cc1cc(C(C)NC(=O)C2(C)CCCN2)c(C)o1. The van der Waals surface area contributed by atoms with Crippen LogP contribution in [0.25, 0.3) is 0 Å². The molecule has 100 valence electrons. The van der Waals surface area contributed by atoms with E-state index in [4.69, 9.17) is 4.42 Å². The molecule has 0 aliphatic carbocycles. The minimum absolute atomic E-state index is 0.0193. The summed E-state index contributed by atoms with van der Waals surface area (Å²) in [6, 6.07) is 1.97. The molecule has 1 saturated heterocycles. The first-order valence-corrected chi connectivity index (χ1v) is 6.55. The monoisotopic (exact) mass is 250 g/mol. The van der Waals surface area contributed by atoms with Crippen molar-refractivity contribution in [2.75, 3.05) is 6.54 Å². The minimum Gasteiger partial charge on any atom is -0.466 e. The smallest absolute Gasteiger partial charge is 0.240 e. The van der Waals surface area contributed by atoms with Gasteiger partial charge in [0.25, 0.3) is 0 Å². The van der Waals surface area contributed by atoms with Crippen molar-refractivity contribution in [1.29, 1.82) is 0 Å². The summed E-state index contributed by atoms with van der Waals surface area (Å²) >= 11 is 0. The van der Waals surface area contributed by atoms with Crippen molar-refractivity contribution in [3.8, 4) is 0 Å². The second-order valence-corrected chi connectivity index (χ2v) is 5.43. The van der Waals surface area contributed by atoms with E-state index in [1.54, 1.807) is 0 Å². The summed E-state index contributed by atoms with van der Waals surface area (Å²) < 4.78 is 5.50. The molecular formula is C14H22N2O2. The van der Waals surface area contributed by atoms with Gasteiger partial charge in [0.1, 0.15) is 11.5 Å². The number of furan rings is 1. The molecule has 0 aromatic carbocycles. The van der Waals surface area contributed by atoms with Crippen LogP contribution in [0.2, 0.25) is 0 Å². The first kappa shape index (κ1) is 13.1. The van der Waals surface area contributed by atoms with Crippen LogP contribution in [0.1, 0.15) is 49.8 Å². The Morgan fingerprint density at radius 1 is 1.56 bits per heavy atom. The third kappa shape index (κ3) is 2.43. The Hall–Kier alpha value is -1.29. The van der Waals surface area contributed by atoms with Gasteiger partial charge in [-0.1, -0.05) is 0 Å². The zero-order chi connectivity index (χ0) is 13.3. The molecule has 0 spiro atoms. The Bertz CT molecular complexity index is 445. The lowest BCUT2D eigenvalue weighted by atomic mass is 9.98. The van der Waals surface area contributed by atoms with Gasteiger partial charge in [-0.2, -0.15) is 0 Å². The molecule has 18 heavy (non-hydrogen) atoms. The quantitative estimate of drug-likeness (QED) is 0.865. The van der Waals surface area contributed by atoms with Gasteiger partial charge in [-0.25, -0.2) is 0 Å². The average molecular weight is 250 g/mol. The lowest BCUT2D eigenvalue weighted by molar-refractivity contribution is -0.127. The van der Waals surface area contributed by atoms with Crippen molar-refractivity contribution in [3.05, 3.63) is 23.2 Å². The van der Waals surface area contributed by atoms with Crippen LogP contribution >= 0.6 is 0 Å². The lowest BCUT2D eigenvalue weighted by Gasteiger charge is -2.25. The highest BCUT2D eigenvalue weighted by Gasteiger charge is 2.36. The summed E-state index contributed by atoms with van der Waals surface area (Å²) in [5.74, 6) is 1.84. The molecule has 2 rings (SSSR count). The van der Waals surface area contributed by atoms with Crippen molar-refractivity contribution >= 4 is 5.91 Å². The van der Waals surface area contributed by atoms with Crippen LogP contribution in [0, 0.1) is 13.8 Å². The lowest BCUT2D eigenvalue weighted by Crippen LogP contribution is -2.51. The summed E-state index contributed by atoms with van der Waals surface area (Å²) in [7, 11) is 0.